The van der Waals surface area contributed by atoms with Gasteiger partial charge in [0, 0.05) is 0 Å². The Balaban J connectivity index is 1.68. The third-order valence-electron chi connectivity index (χ3n) is 5.95. The molecule has 164 valence electrons. The molecular formula is C28H24ClF3. The lowest BCUT2D eigenvalue weighted by atomic mass is 9.86. The van der Waals surface area contributed by atoms with Crippen molar-refractivity contribution < 1.29 is 13.2 Å². The van der Waals surface area contributed by atoms with Gasteiger partial charge < -0.3 is 0 Å². The Morgan fingerprint density at radius 2 is 1.50 bits per heavy atom. The minimum Gasteiger partial charge on any atom is -0.206 e. The maximum Gasteiger partial charge on any atom is 0.142 e. The molecule has 0 aliphatic carbocycles. The van der Waals surface area contributed by atoms with Crippen molar-refractivity contribution >= 4 is 22.4 Å². The number of benzene rings is 4. The average Bonchev–Trinajstić information content (AvgIpc) is 2.78. The summed E-state index contributed by atoms with van der Waals surface area (Å²) in [6.45, 7) is 2.10. The zero-order valence-electron chi connectivity index (χ0n) is 17.8. The van der Waals surface area contributed by atoms with Gasteiger partial charge in [0.15, 0.2) is 0 Å². The van der Waals surface area contributed by atoms with E-state index >= 15 is 8.78 Å². The lowest BCUT2D eigenvalue weighted by Gasteiger charge is -2.19. The highest BCUT2D eigenvalue weighted by molar-refractivity contribution is 6.30. The van der Waals surface area contributed by atoms with Crippen LogP contribution in [0.5, 0.6) is 0 Å². The summed E-state index contributed by atoms with van der Waals surface area (Å²) in [5.74, 6) is -2.11. The van der Waals surface area contributed by atoms with Gasteiger partial charge in [-0.1, -0.05) is 79.9 Å². The van der Waals surface area contributed by atoms with E-state index in [2.05, 4.69) is 37.3 Å². The largest absolute Gasteiger partial charge is 0.206 e. The first-order valence-electron chi connectivity index (χ1n) is 10.9. The molecule has 1 unspecified atom stereocenters. The molecule has 0 saturated carbocycles. The summed E-state index contributed by atoms with van der Waals surface area (Å²) >= 11 is 5.71. The zero-order valence-corrected chi connectivity index (χ0v) is 18.6. The summed E-state index contributed by atoms with van der Waals surface area (Å²) in [4.78, 5) is 0. The van der Waals surface area contributed by atoms with Crippen molar-refractivity contribution in [2.75, 3.05) is 0 Å². The van der Waals surface area contributed by atoms with Gasteiger partial charge in [0.2, 0.25) is 0 Å². The molecule has 0 radical (unpaired) electrons. The molecule has 4 aromatic carbocycles. The Hall–Kier alpha value is -2.78. The highest BCUT2D eigenvalue weighted by atomic mass is 35.5. The molecular weight excluding hydrogens is 429 g/mol. The summed E-state index contributed by atoms with van der Waals surface area (Å²) in [7, 11) is 0. The van der Waals surface area contributed by atoms with E-state index in [0.717, 1.165) is 41.7 Å². The molecule has 0 aromatic heterocycles. The molecule has 4 heteroatoms. The van der Waals surface area contributed by atoms with Crippen LogP contribution in [0.3, 0.4) is 0 Å². The minimum absolute atomic E-state index is 0.0175. The molecule has 0 N–H and O–H groups in total. The standard InChI is InChI=1S/C28H24ClF3/c1-2-3-6-21(14-18-9-10-19-7-4-5-8-20(19)13-18)23-16-26(31)28(27(32)17-23)22-11-12-24(29)25(30)15-22/h4-5,7-13,15-17,21H,2-3,6,14H2,1H3. The molecule has 0 bridgehead atoms. The number of hydrogen-bond acceptors (Lipinski definition) is 0. The lowest BCUT2D eigenvalue weighted by molar-refractivity contribution is 0.553. The fourth-order valence-electron chi connectivity index (χ4n) is 4.24. The van der Waals surface area contributed by atoms with Gasteiger partial charge in [-0.3, -0.25) is 0 Å². The van der Waals surface area contributed by atoms with Crippen LogP contribution >= 0.6 is 11.6 Å². The van der Waals surface area contributed by atoms with Crippen molar-refractivity contribution in [2.45, 2.75) is 38.5 Å². The third kappa shape index (κ3) is 4.83. The maximum atomic E-state index is 15.1. The molecule has 32 heavy (non-hydrogen) atoms. The Morgan fingerprint density at radius 1 is 0.781 bits per heavy atom. The van der Waals surface area contributed by atoms with Crippen LogP contribution in [0.2, 0.25) is 5.02 Å². The maximum absolute atomic E-state index is 15.1. The summed E-state index contributed by atoms with van der Waals surface area (Å²) in [6, 6.07) is 21.0. The molecule has 0 fully saturated rings. The SMILES string of the molecule is CCCCC(Cc1ccc2ccccc2c1)c1cc(F)c(-c2ccc(Cl)c(F)c2)c(F)c1. The average molecular weight is 453 g/mol. The van der Waals surface area contributed by atoms with Crippen LogP contribution in [0.4, 0.5) is 13.2 Å². The molecule has 0 saturated heterocycles. The van der Waals surface area contributed by atoms with E-state index in [0.29, 0.717) is 12.0 Å². The monoisotopic (exact) mass is 452 g/mol. The number of halogens is 4. The highest BCUT2D eigenvalue weighted by Gasteiger charge is 2.20. The van der Waals surface area contributed by atoms with Crippen LogP contribution in [0.1, 0.15) is 43.2 Å². The number of unbranched alkanes of at least 4 members (excludes halogenated alkanes) is 1. The fourth-order valence-corrected chi connectivity index (χ4v) is 4.36. The van der Waals surface area contributed by atoms with E-state index in [4.69, 9.17) is 11.6 Å². The molecule has 0 aliphatic heterocycles. The van der Waals surface area contributed by atoms with E-state index in [1.54, 1.807) is 0 Å². The van der Waals surface area contributed by atoms with Crippen molar-refractivity contribution in [1.82, 2.24) is 0 Å². The van der Waals surface area contributed by atoms with Gasteiger partial charge in [0.05, 0.1) is 10.6 Å². The van der Waals surface area contributed by atoms with Gasteiger partial charge in [-0.2, -0.15) is 0 Å². The third-order valence-corrected chi connectivity index (χ3v) is 6.25. The van der Waals surface area contributed by atoms with Gasteiger partial charge in [-0.15, -0.1) is 0 Å². The Bertz CT molecular complexity index is 1230. The van der Waals surface area contributed by atoms with Crippen molar-refractivity contribution in [2.24, 2.45) is 0 Å². The smallest absolute Gasteiger partial charge is 0.142 e. The van der Waals surface area contributed by atoms with Gasteiger partial charge in [-0.25, -0.2) is 13.2 Å². The first-order chi connectivity index (χ1) is 15.5. The first-order valence-corrected chi connectivity index (χ1v) is 11.3. The summed E-state index contributed by atoms with van der Waals surface area (Å²) < 4.78 is 44.0. The minimum atomic E-state index is -0.704. The predicted molar refractivity (Wildman–Crippen MR) is 127 cm³/mol. The Kier molecular flexibility index (Phi) is 6.86. The second-order valence-electron chi connectivity index (χ2n) is 8.21. The summed E-state index contributed by atoms with van der Waals surface area (Å²) in [5.41, 5.74) is 1.66. The first kappa shape index (κ1) is 22.4. The fraction of sp³-hybridized carbons (Fsp3) is 0.214. The van der Waals surface area contributed by atoms with Gasteiger partial charge in [-0.05, 0) is 70.5 Å². The molecule has 1 atom stereocenters. The molecule has 4 rings (SSSR count). The Labute approximate surface area is 191 Å². The normalized spacial score (nSPS) is 12.3. The molecule has 4 aromatic rings. The van der Waals surface area contributed by atoms with E-state index in [1.807, 2.05) is 12.1 Å². The van der Waals surface area contributed by atoms with Crippen LogP contribution in [-0.4, -0.2) is 0 Å². The van der Waals surface area contributed by atoms with Crippen molar-refractivity contribution in [3.05, 3.63) is 106 Å². The highest BCUT2D eigenvalue weighted by Crippen LogP contribution is 2.34. The van der Waals surface area contributed by atoms with Crippen LogP contribution < -0.4 is 0 Å². The van der Waals surface area contributed by atoms with Crippen molar-refractivity contribution in [1.29, 1.82) is 0 Å². The van der Waals surface area contributed by atoms with Crippen LogP contribution in [0.15, 0.2) is 72.8 Å². The van der Waals surface area contributed by atoms with E-state index in [-0.39, 0.29) is 22.1 Å². The molecule has 0 spiro atoms. The zero-order chi connectivity index (χ0) is 22.7. The quantitative estimate of drug-likeness (QED) is 0.262. The van der Waals surface area contributed by atoms with Crippen molar-refractivity contribution in [3.8, 4) is 11.1 Å². The van der Waals surface area contributed by atoms with Crippen LogP contribution in [0, 0.1) is 17.5 Å². The summed E-state index contributed by atoms with van der Waals surface area (Å²) in [6.07, 6.45) is 3.49. The topological polar surface area (TPSA) is 0 Å². The van der Waals surface area contributed by atoms with Crippen molar-refractivity contribution in [3.63, 3.8) is 0 Å². The van der Waals surface area contributed by atoms with Crippen LogP contribution in [0.25, 0.3) is 21.9 Å². The summed E-state index contributed by atoms with van der Waals surface area (Å²) in [5, 5.41) is 2.23. The molecule has 0 aliphatic rings. The van der Waals surface area contributed by atoms with E-state index in [9.17, 15) is 4.39 Å². The van der Waals surface area contributed by atoms with Crippen LogP contribution in [-0.2, 0) is 6.42 Å². The lowest BCUT2D eigenvalue weighted by Crippen LogP contribution is -2.06. The second kappa shape index (κ2) is 9.79. The van der Waals surface area contributed by atoms with Gasteiger partial charge in [0.25, 0.3) is 0 Å². The number of fused-ring (bicyclic) bond motifs is 1. The molecule has 0 amide bonds. The van der Waals surface area contributed by atoms with E-state index in [1.165, 1.54) is 24.3 Å². The molecule has 0 heterocycles. The number of hydrogen-bond donors (Lipinski definition) is 0. The predicted octanol–water partition coefficient (Wildman–Crippen LogP) is 9.09. The number of rotatable bonds is 7. The van der Waals surface area contributed by atoms with Gasteiger partial charge in [0.1, 0.15) is 17.5 Å². The Morgan fingerprint density at radius 3 is 2.19 bits per heavy atom. The van der Waals surface area contributed by atoms with E-state index < -0.39 is 17.5 Å². The second-order valence-corrected chi connectivity index (χ2v) is 8.62. The van der Waals surface area contributed by atoms with Gasteiger partial charge >= 0.3 is 0 Å². The molecule has 0 nitrogen and oxygen atoms in total.